The van der Waals surface area contributed by atoms with Crippen LogP contribution >= 0.6 is 0 Å². The van der Waals surface area contributed by atoms with Crippen LogP contribution < -0.4 is 5.43 Å². The van der Waals surface area contributed by atoms with Gasteiger partial charge in [0.2, 0.25) is 0 Å². The molecule has 0 aliphatic rings. The average molecular weight is 397 g/mol. The van der Waals surface area contributed by atoms with E-state index in [2.05, 4.69) is 34.2 Å². The fraction of sp³-hybridized carbons (Fsp3) is 0.120. The van der Waals surface area contributed by atoms with Crippen molar-refractivity contribution in [3.63, 3.8) is 0 Å². The number of amides is 1. The van der Waals surface area contributed by atoms with E-state index in [1.54, 1.807) is 18.3 Å². The van der Waals surface area contributed by atoms with Crippen LogP contribution in [0.2, 0.25) is 0 Å². The van der Waals surface area contributed by atoms with E-state index in [1.807, 2.05) is 55.5 Å². The van der Waals surface area contributed by atoms with Crippen molar-refractivity contribution in [2.45, 2.75) is 20.4 Å². The SMILES string of the molecule is Cc1cc(C=NNC(=O)c2cc3ccccc3cc2O)c(C)n1Cc1ccccc1. The van der Waals surface area contributed by atoms with Crippen molar-refractivity contribution in [2.24, 2.45) is 5.10 Å². The number of aromatic hydroxyl groups is 1. The maximum absolute atomic E-state index is 12.5. The molecule has 0 saturated heterocycles. The number of hydrazone groups is 1. The van der Waals surface area contributed by atoms with E-state index in [-0.39, 0.29) is 11.3 Å². The van der Waals surface area contributed by atoms with Gasteiger partial charge in [-0.05, 0) is 48.4 Å². The monoisotopic (exact) mass is 397 g/mol. The molecule has 0 aliphatic carbocycles. The van der Waals surface area contributed by atoms with Gasteiger partial charge in [0, 0.05) is 23.5 Å². The lowest BCUT2D eigenvalue weighted by Crippen LogP contribution is -2.17. The molecule has 4 aromatic rings. The predicted molar refractivity (Wildman–Crippen MR) is 120 cm³/mol. The molecule has 2 N–H and O–H groups in total. The zero-order chi connectivity index (χ0) is 21.1. The van der Waals surface area contributed by atoms with Crippen molar-refractivity contribution in [2.75, 3.05) is 0 Å². The molecule has 0 saturated carbocycles. The normalized spacial score (nSPS) is 11.3. The molecule has 0 bridgehead atoms. The summed E-state index contributed by atoms with van der Waals surface area (Å²) in [5.41, 5.74) is 7.07. The van der Waals surface area contributed by atoms with E-state index in [0.29, 0.717) is 0 Å². The van der Waals surface area contributed by atoms with Gasteiger partial charge in [0.25, 0.3) is 5.91 Å². The predicted octanol–water partition coefficient (Wildman–Crippen LogP) is 4.78. The van der Waals surface area contributed by atoms with Gasteiger partial charge in [0.05, 0.1) is 11.8 Å². The number of aryl methyl sites for hydroxylation is 1. The molecule has 1 heterocycles. The zero-order valence-corrected chi connectivity index (χ0v) is 17.0. The van der Waals surface area contributed by atoms with E-state index in [9.17, 15) is 9.90 Å². The number of carbonyl (C=O) groups is 1. The molecule has 1 amide bonds. The van der Waals surface area contributed by atoms with E-state index in [0.717, 1.165) is 34.3 Å². The first kappa shape index (κ1) is 19.5. The van der Waals surface area contributed by atoms with Gasteiger partial charge in [-0.2, -0.15) is 5.10 Å². The minimum absolute atomic E-state index is 0.0672. The fourth-order valence-electron chi connectivity index (χ4n) is 3.60. The Balaban J connectivity index is 1.50. The number of phenolic OH excluding ortho intramolecular Hbond substituents is 1. The highest BCUT2D eigenvalue weighted by atomic mass is 16.3. The van der Waals surface area contributed by atoms with Gasteiger partial charge in [-0.1, -0.05) is 54.6 Å². The van der Waals surface area contributed by atoms with Crippen LogP contribution in [0.4, 0.5) is 0 Å². The highest BCUT2D eigenvalue weighted by Gasteiger charge is 2.12. The largest absolute Gasteiger partial charge is 0.507 e. The Hall–Kier alpha value is -3.86. The topological polar surface area (TPSA) is 66.6 Å². The third-order valence-electron chi connectivity index (χ3n) is 5.27. The van der Waals surface area contributed by atoms with Crippen LogP contribution in [0, 0.1) is 13.8 Å². The van der Waals surface area contributed by atoms with Crippen molar-refractivity contribution >= 4 is 22.9 Å². The third kappa shape index (κ3) is 3.96. The second-order valence-electron chi connectivity index (χ2n) is 7.31. The van der Waals surface area contributed by atoms with Crippen LogP contribution in [0.3, 0.4) is 0 Å². The molecule has 5 nitrogen and oxygen atoms in total. The van der Waals surface area contributed by atoms with Crippen molar-refractivity contribution in [1.82, 2.24) is 9.99 Å². The van der Waals surface area contributed by atoms with Gasteiger partial charge in [0.15, 0.2) is 0 Å². The molecule has 0 fully saturated rings. The number of nitrogens with zero attached hydrogens (tertiary/aromatic N) is 2. The quantitative estimate of drug-likeness (QED) is 0.376. The van der Waals surface area contributed by atoms with E-state index >= 15 is 0 Å². The first-order valence-corrected chi connectivity index (χ1v) is 9.79. The second kappa shape index (κ2) is 8.25. The molecule has 0 unspecified atom stereocenters. The van der Waals surface area contributed by atoms with Crippen LogP contribution in [0.5, 0.6) is 5.75 Å². The molecule has 0 aliphatic heterocycles. The third-order valence-corrected chi connectivity index (χ3v) is 5.27. The maximum atomic E-state index is 12.5. The number of benzene rings is 3. The minimum atomic E-state index is -0.451. The molecule has 0 spiro atoms. The smallest absolute Gasteiger partial charge is 0.275 e. The molecule has 3 aromatic carbocycles. The summed E-state index contributed by atoms with van der Waals surface area (Å²) < 4.78 is 2.22. The number of fused-ring (bicyclic) bond motifs is 1. The lowest BCUT2D eigenvalue weighted by atomic mass is 10.1. The van der Waals surface area contributed by atoms with Crippen LogP contribution in [0.1, 0.15) is 32.9 Å². The van der Waals surface area contributed by atoms with E-state index < -0.39 is 5.91 Å². The Kier molecular flexibility index (Phi) is 5.35. The van der Waals surface area contributed by atoms with Gasteiger partial charge in [-0.15, -0.1) is 0 Å². The standard InChI is InChI=1S/C25H23N3O2/c1-17-12-22(18(2)28(17)16-19-8-4-3-5-9-19)15-26-27-25(30)23-13-20-10-6-7-11-21(20)14-24(23)29/h3-15,29H,16H2,1-2H3,(H,27,30). The number of nitrogens with one attached hydrogen (secondary N) is 1. The fourth-order valence-corrected chi connectivity index (χ4v) is 3.60. The lowest BCUT2D eigenvalue weighted by Gasteiger charge is -2.09. The van der Waals surface area contributed by atoms with Gasteiger partial charge >= 0.3 is 0 Å². The van der Waals surface area contributed by atoms with Gasteiger partial charge < -0.3 is 9.67 Å². The second-order valence-corrected chi connectivity index (χ2v) is 7.31. The van der Waals surface area contributed by atoms with Crippen LogP contribution in [-0.2, 0) is 6.54 Å². The van der Waals surface area contributed by atoms with Gasteiger partial charge in [0.1, 0.15) is 5.75 Å². The number of hydrogen-bond donors (Lipinski definition) is 2. The van der Waals surface area contributed by atoms with Crippen molar-refractivity contribution in [3.8, 4) is 5.75 Å². The summed E-state index contributed by atoms with van der Waals surface area (Å²) >= 11 is 0. The van der Waals surface area contributed by atoms with E-state index in [1.165, 1.54) is 5.56 Å². The van der Waals surface area contributed by atoms with Crippen LogP contribution in [0.25, 0.3) is 10.8 Å². The summed E-state index contributed by atoms with van der Waals surface area (Å²) in [5.74, 6) is -0.518. The van der Waals surface area contributed by atoms with Gasteiger partial charge in [-0.25, -0.2) is 5.43 Å². The summed E-state index contributed by atoms with van der Waals surface area (Å²) in [6, 6.07) is 23.1. The Labute approximate surface area is 175 Å². The summed E-state index contributed by atoms with van der Waals surface area (Å²) in [7, 11) is 0. The number of hydrogen-bond acceptors (Lipinski definition) is 3. The Morgan fingerprint density at radius 2 is 1.67 bits per heavy atom. The number of phenols is 1. The minimum Gasteiger partial charge on any atom is -0.507 e. The lowest BCUT2D eigenvalue weighted by molar-refractivity contribution is 0.0952. The Morgan fingerprint density at radius 3 is 2.40 bits per heavy atom. The molecule has 5 heteroatoms. The number of rotatable bonds is 5. The maximum Gasteiger partial charge on any atom is 0.275 e. The average Bonchev–Trinajstić information content (AvgIpc) is 3.01. The van der Waals surface area contributed by atoms with Crippen molar-refractivity contribution in [3.05, 3.63) is 101 Å². The summed E-state index contributed by atoms with van der Waals surface area (Å²) in [6.07, 6.45) is 1.64. The summed E-state index contributed by atoms with van der Waals surface area (Å²) in [6.45, 7) is 4.87. The van der Waals surface area contributed by atoms with Crippen LogP contribution in [0.15, 0.2) is 77.9 Å². The molecule has 30 heavy (non-hydrogen) atoms. The van der Waals surface area contributed by atoms with E-state index in [4.69, 9.17) is 0 Å². The summed E-state index contributed by atoms with van der Waals surface area (Å²) in [5, 5.41) is 16.1. The number of aromatic nitrogens is 1. The summed E-state index contributed by atoms with van der Waals surface area (Å²) in [4.78, 5) is 12.5. The highest BCUT2D eigenvalue weighted by Crippen LogP contribution is 2.25. The van der Waals surface area contributed by atoms with Gasteiger partial charge in [-0.3, -0.25) is 4.79 Å². The first-order chi connectivity index (χ1) is 14.5. The molecular weight excluding hydrogens is 374 g/mol. The molecule has 1 aromatic heterocycles. The molecule has 4 rings (SSSR count). The van der Waals surface area contributed by atoms with Crippen LogP contribution in [-0.4, -0.2) is 21.8 Å². The van der Waals surface area contributed by atoms with Crippen molar-refractivity contribution in [1.29, 1.82) is 0 Å². The van der Waals surface area contributed by atoms with Crippen molar-refractivity contribution < 1.29 is 9.90 Å². The number of carbonyl (C=O) groups excluding carboxylic acids is 1. The first-order valence-electron chi connectivity index (χ1n) is 9.79. The Morgan fingerprint density at radius 1 is 1.00 bits per heavy atom. The molecule has 150 valence electrons. The highest BCUT2D eigenvalue weighted by molar-refractivity contribution is 6.01. The molecular formula is C25H23N3O2. The Bertz CT molecular complexity index is 1240. The zero-order valence-electron chi connectivity index (χ0n) is 17.0. The molecule has 0 radical (unpaired) electrons. The molecule has 0 atom stereocenters.